The molecule has 3 fully saturated rings. The summed E-state index contributed by atoms with van der Waals surface area (Å²) in [5.41, 5.74) is 0.896. The molecule has 0 aromatic heterocycles. The van der Waals surface area contributed by atoms with E-state index < -0.39 is 6.17 Å². The van der Waals surface area contributed by atoms with Crippen molar-refractivity contribution in [3.8, 4) is 0 Å². The maximum Gasteiger partial charge on any atom is 0.155 e. The first kappa shape index (κ1) is 16.5. The second-order valence-electron chi connectivity index (χ2n) is 9.35. The van der Waals surface area contributed by atoms with Gasteiger partial charge < -0.3 is 0 Å². The molecule has 4 aliphatic carbocycles. The topological polar surface area (TPSA) is 34.1 Å². The predicted molar refractivity (Wildman–Crippen MR) is 91.2 cm³/mol. The molecule has 0 saturated heterocycles. The van der Waals surface area contributed by atoms with Gasteiger partial charge in [0.25, 0.3) is 0 Å². The first-order valence-corrected chi connectivity index (χ1v) is 9.66. The normalized spacial score (nSPS) is 50.6. The van der Waals surface area contributed by atoms with E-state index in [1.807, 2.05) is 6.08 Å². The van der Waals surface area contributed by atoms with Crippen molar-refractivity contribution >= 4 is 11.6 Å². The van der Waals surface area contributed by atoms with Crippen molar-refractivity contribution < 1.29 is 14.0 Å². The average Bonchev–Trinajstić information content (AvgIpc) is 2.84. The van der Waals surface area contributed by atoms with Gasteiger partial charge in [0.1, 0.15) is 12.0 Å². The Morgan fingerprint density at radius 3 is 2.67 bits per heavy atom. The van der Waals surface area contributed by atoms with E-state index in [9.17, 15) is 9.59 Å². The third-order valence-corrected chi connectivity index (χ3v) is 8.34. The summed E-state index contributed by atoms with van der Waals surface area (Å²) in [5, 5.41) is 0. The molecule has 0 aromatic carbocycles. The number of carbonyl (C=O) groups is 2. The summed E-state index contributed by atoms with van der Waals surface area (Å²) in [6.45, 7) is 6.07. The lowest BCUT2D eigenvalue weighted by molar-refractivity contribution is -0.134. The highest BCUT2D eigenvalue weighted by Crippen LogP contribution is 2.67. The molecular weight excluding hydrogens is 303 g/mol. The third kappa shape index (κ3) is 2.05. The van der Waals surface area contributed by atoms with Gasteiger partial charge in [-0.25, -0.2) is 4.39 Å². The van der Waals surface area contributed by atoms with Crippen LogP contribution in [0.4, 0.5) is 4.39 Å². The molecule has 0 amide bonds. The Balaban J connectivity index is 1.72. The summed E-state index contributed by atoms with van der Waals surface area (Å²) in [7, 11) is 0. The SMILES string of the molecule is CC(=O)[C@H]1CC[C@H]2[C@@H]3CCC4=CC(=O)CC[C@]4(C)[C@H]3C(F)C[C@]12C. The number of fused-ring (bicyclic) bond motifs is 5. The van der Waals surface area contributed by atoms with Crippen LogP contribution >= 0.6 is 0 Å². The molecule has 0 spiro atoms. The molecule has 0 bridgehead atoms. The standard InChI is InChI=1S/C21H29FO2/c1-12(23)16-6-7-17-15-5-4-13-10-14(24)8-9-20(13,2)19(15)18(22)11-21(16,17)3/h10,15-19H,4-9,11H2,1-3H3/t15-,16+,17-,18?,19+,20-,21+/m0/s1. The van der Waals surface area contributed by atoms with Crippen molar-refractivity contribution in [2.24, 2.45) is 34.5 Å². The Morgan fingerprint density at radius 1 is 1.21 bits per heavy atom. The van der Waals surface area contributed by atoms with Gasteiger partial charge in [0.05, 0.1) is 0 Å². The Bertz CT molecular complexity index is 623. The minimum Gasteiger partial charge on any atom is -0.300 e. The molecule has 0 radical (unpaired) electrons. The number of alkyl halides is 1. The van der Waals surface area contributed by atoms with Crippen LogP contribution in [-0.4, -0.2) is 17.7 Å². The Kier molecular flexibility index (Phi) is 3.61. The highest BCUT2D eigenvalue weighted by atomic mass is 19.1. The van der Waals surface area contributed by atoms with Crippen LogP contribution in [0.2, 0.25) is 0 Å². The van der Waals surface area contributed by atoms with Crippen molar-refractivity contribution in [2.75, 3.05) is 0 Å². The van der Waals surface area contributed by atoms with Crippen LogP contribution in [0.25, 0.3) is 0 Å². The molecule has 0 N–H and O–H groups in total. The molecule has 24 heavy (non-hydrogen) atoms. The van der Waals surface area contributed by atoms with Gasteiger partial charge >= 0.3 is 0 Å². The number of hydrogen-bond acceptors (Lipinski definition) is 2. The lowest BCUT2D eigenvalue weighted by Gasteiger charge is -2.59. The molecule has 132 valence electrons. The van der Waals surface area contributed by atoms with E-state index in [-0.39, 0.29) is 34.2 Å². The van der Waals surface area contributed by atoms with E-state index in [1.165, 1.54) is 5.57 Å². The van der Waals surface area contributed by atoms with Gasteiger partial charge in [-0.05, 0) is 74.2 Å². The quantitative estimate of drug-likeness (QED) is 0.699. The smallest absolute Gasteiger partial charge is 0.155 e. The van der Waals surface area contributed by atoms with Gasteiger partial charge in [-0.1, -0.05) is 19.4 Å². The molecule has 0 aliphatic heterocycles. The van der Waals surface area contributed by atoms with Gasteiger partial charge in [-0.3, -0.25) is 9.59 Å². The number of carbonyl (C=O) groups excluding carboxylic acids is 2. The maximum atomic E-state index is 15.5. The van der Waals surface area contributed by atoms with E-state index in [2.05, 4.69) is 13.8 Å². The van der Waals surface area contributed by atoms with Gasteiger partial charge in [-0.2, -0.15) is 0 Å². The summed E-state index contributed by atoms with van der Waals surface area (Å²) >= 11 is 0. The number of rotatable bonds is 1. The fourth-order valence-corrected chi connectivity index (χ4v) is 7.28. The van der Waals surface area contributed by atoms with Crippen LogP contribution in [0.5, 0.6) is 0 Å². The maximum absolute atomic E-state index is 15.5. The number of allylic oxidation sites excluding steroid dienone is 1. The van der Waals surface area contributed by atoms with Gasteiger partial charge in [0.15, 0.2) is 5.78 Å². The number of halogens is 1. The zero-order chi connectivity index (χ0) is 17.3. The summed E-state index contributed by atoms with van der Waals surface area (Å²) < 4.78 is 15.5. The predicted octanol–water partition coefficient (Wildman–Crippen LogP) is 4.67. The number of hydrogen-bond donors (Lipinski definition) is 0. The largest absolute Gasteiger partial charge is 0.300 e. The average molecular weight is 332 g/mol. The lowest BCUT2D eigenvalue weighted by Crippen LogP contribution is -2.55. The van der Waals surface area contributed by atoms with Crippen LogP contribution in [-0.2, 0) is 9.59 Å². The molecule has 1 unspecified atom stereocenters. The van der Waals surface area contributed by atoms with E-state index in [1.54, 1.807) is 6.92 Å². The monoisotopic (exact) mass is 332 g/mol. The fraction of sp³-hybridized carbons (Fsp3) is 0.810. The fourth-order valence-electron chi connectivity index (χ4n) is 7.28. The summed E-state index contributed by atoms with van der Waals surface area (Å²) in [6.07, 6.45) is 6.81. The molecule has 0 aromatic rings. The molecule has 7 atom stereocenters. The third-order valence-electron chi connectivity index (χ3n) is 8.34. The van der Waals surface area contributed by atoms with E-state index in [4.69, 9.17) is 0 Å². The van der Waals surface area contributed by atoms with Crippen LogP contribution in [0.3, 0.4) is 0 Å². The Morgan fingerprint density at radius 2 is 1.96 bits per heavy atom. The Labute approximate surface area is 144 Å². The van der Waals surface area contributed by atoms with E-state index >= 15 is 4.39 Å². The van der Waals surface area contributed by atoms with Gasteiger partial charge in [0.2, 0.25) is 0 Å². The molecular formula is C21H29FO2. The van der Waals surface area contributed by atoms with Gasteiger partial charge in [-0.15, -0.1) is 0 Å². The van der Waals surface area contributed by atoms with Crippen molar-refractivity contribution in [3.05, 3.63) is 11.6 Å². The van der Waals surface area contributed by atoms with Crippen LogP contribution in [0.15, 0.2) is 11.6 Å². The first-order chi connectivity index (χ1) is 11.3. The number of ketones is 2. The van der Waals surface area contributed by atoms with E-state index in [0.717, 1.165) is 32.1 Å². The molecule has 3 heteroatoms. The minimum absolute atomic E-state index is 0.0365. The minimum atomic E-state index is -0.849. The summed E-state index contributed by atoms with van der Waals surface area (Å²) in [4.78, 5) is 24.0. The van der Waals surface area contributed by atoms with Crippen LogP contribution in [0.1, 0.15) is 65.7 Å². The zero-order valence-electron chi connectivity index (χ0n) is 15.1. The summed E-state index contributed by atoms with van der Waals surface area (Å²) in [5.74, 6) is 1.39. The summed E-state index contributed by atoms with van der Waals surface area (Å²) in [6, 6.07) is 0. The highest BCUT2D eigenvalue weighted by molar-refractivity contribution is 5.91. The second-order valence-corrected chi connectivity index (χ2v) is 9.35. The van der Waals surface area contributed by atoms with Crippen molar-refractivity contribution in [1.82, 2.24) is 0 Å². The Hall–Kier alpha value is -0.990. The van der Waals surface area contributed by atoms with Crippen molar-refractivity contribution in [1.29, 1.82) is 0 Å². The lowest BCUT2D eigenvalue weighted by atomic mass is 9.46. The van der Waals surface area contributed by atoms with Crippen molar-refractivity contribution in [3.63, 3.8) is 0 Å². The second kappa shape index (κ2) is 5.25. The van der Waals surface area contributed by atoms with E-state index in [0.29, 0.717) is 24.7 Å². The zero-order valence-corrected chi connectivity index (χ0v) is 15.1. The number of Topliss-reactive ketones (excluding diaryl/α,β-unsaturated/α-hetero) is 1. The van der Waals surface area contributed by atoms with Crippen LogP contribution < -0.4 is 0 Å². The molecule has 0 heterocycles. The molecule has 3 saturated carbocycles. The molecule has 2 nitrogen and oxygen atoms in total. The molecule has 4 aliphatic rings. The first-order valence-electron chi connectivity index (χ1n) is 9.66. The highest BCUT2D eigenvalue weighted by Gasteiger charge is 2.63. The van der Waals surface area contributed by atoms with Gasteiger partial charge in [0, 0.05) is 18.3 Å². The van der Waals surface area contributed by atoms with Crippen molar-refractivity contribution in [2.45, 2.75) is 71.9 Å². The van der Waals surface area contributed by atoms with Crippen LogP contribution in [0, 0.1) is 34.5 Å². The molecule has 4 rings (SSSR count).